The molecule has 1 saturated carbocycles. The summed E-state index contributed by atoms with van der Waals surface area (Å²) in [6.45, 7) is 1.42. The summed E-state index contributed by atoms with van der Waals surface area (Å²) in [7, 11) is 3.19. The molecule has 0 spiro atoms. The van der Waals surface area contributed by atoms with Gasteiger partial charge < -0.3 is 38.1 Å². The average molecular weight is 1290 g/mol. The summed E-state index contributed by atoms with van der Waals surface area (Å²) in [4.78, 5) is 66.1. The van der Waals surface area contributed by atoms with E-state index in [0.29, 0.717) is 51.6 Å². The van der Waals surface area contributed by atoms with E-state index in [9.17, 15) is 40.7 Å². The molecule has 12 aromatic rings. The molecule has 6 aromatic heterocycles. The molecule has 22 nitrogen and oxygen atoms in total. The fourth-order valence-corrected chi connectivity index (χ4v) is 11.0. The van der Waals surface area contributed by atoms with E-state index in [-0.39, 0.29) is 123 Å². The molecule has 9 N–H and O–H groups in total. The molecule has 1 aliphatic heterocycles. The van der Waals surface area contributed by atoms with Gasteiger partial charge in [-0.15, -0.1) is 0 Å². The number of fused-ring (bicyclic) bond motifs is 3. The first kappa shape index (κ1) is 63.3. The largest absolute Gasteiger partial charge is 0.383 e. The number of anilines is 4. The number of nitrogens with one attached hydrogen (secondary N) is 1. The van der Waals surface area contributed by atoms with Crippen LogP contribution in [0.15, 0.2) is 140 Å². The number of piperidine rings is 1. The van der Waals surface area contributed by atoms with E-state index in [2.05, 4.69) is 50.5 Å². The molecule has 0 unspecified atom stereocenters. The van der Waals surface area contributed by atoms with E-state index in [0.717, 1.165) is 32.1 Å². The number of likely N-dealkylation sites (tertiary alicyclic amines) is 1. The Bertz CT molecular complexity index is 4930. The molecule has 0 atom stereocenters. The summed E-state index contributed by atoms with van der Waals surface area (Å²) in [6, 6.07) is 32.4. The Kier molecular flexibility index (Phi) is 17.8. The summed E-state index contributed by atoms with van der Waals surface area (Å²) in [5.74, 6) is -3.53. The first-order valence-electron chi connectivity index (χ1n) is 30.0. The van der Waals surface area contributed by atoms with E-state index in [4.69, 9.17) is 22.9 Å². The van der Waals surface area contributed by atoms with Gasteiger partial charge in [-0.25, -0.2) is 56.2 Å². The minimum atomic E-state index is -0.529. The van der Waals surface area contributed by atoms with Crippen LogP contribution in [0.2, 0.25) is 0 Å². The van der Waals surface area contributed by atoms with Gasteiger partial charge in [0.2, 0.25) is 0 Å². The van der Waals surface area contributed by atoms with E-state index >= 15 is 0 Å². The lowest BCUT2D eigenvalue weighted by Crippen LogP contribution is -2.36. The summed E-state index contributed by atoms with van der Waals surface area (Å²) in [5.41, 5.74) is 27.0. The van der Waals surface area contributed by atoms with Crippen molar-refractivity contribution in [2.24, 2.45) is 0 Å². The zero-order valence-corrected chi connectivity index (χ0v) is 51.0. The number of nitrogens with two attached hydrogens (primary N) is 4. The number of nitrogens with zero attached hydrogens (tertiary/aromatic N) is 14. The average Bonchev–Trinajstić information content (AvgIpc) is 1.64. The highest BCUT2D eigenvalue weighted by Crippen LogP contribution is 2.34. The molecule has 28 heteroatoms. The van der Waals surface area contributed by atoms with Crippen molar-refractivity contribution in [3.63, 3.8) is 0 Å². The van der Waals surface area contributed by atoms with E-state index in [1.807, 2.05) is 0 Å². The maximum Gasteiger partial charge on any atom is 0.259 e. The van der Waals surface area contributed by atoms with Crippen LogP contribution in [0.4, 0.5) is 49.6 Å². The lowest BCUT2D eigenvalue weighted by atomic mass is 10.1. The van der Waals surface area contributed by atoms with E-state index in [1.54, 1.807) is 104 Å². The van der Waals surface area contributed by atoms with Gasteiger partial charge in [-0.05, 0) is 68.5 Å². The second-order valence-electron chi connectivity index (χ2n) is 22.7. The van der Waals surface area contributed by atoms with Crippen LogP contribution in [-0.2, 0) is 19.6 Å². The standard InChI is InChI=1S/C24H22F2N6O.C22H19F2N7O.C21H18F2N6O/c25-18-9-3-2-7-15(18)14-32-21-16(8-6-10-19(21)26)20(30-32)23-28-13-17(22(27)29-23)24(33)31-11-4-1-5-12-31;23-14-6-2-1-4-11(14)10-31-18-13(5-3-7-15(18)24)17(30-31)21-28-19(25)16(20(26)29-21)22(32)27-12-8-9-12;1-28(2)21(30)14-10-25-20(26-19(14)24)17-13-7-5-9-16(23)18(13)29(27-17)11-12-6-3-4-8-15(12)22/h2-3,6-10,13H,1,4-5,11-12,14H2,(H2,27,28,29);1-7,12H,8-10H2,(H,27,32)(H4,25,26,28,29);3-10H,11H2,1-2H3,(H2,24,25,26). The Balaban J connectivity index is 0.000000137. The minimum absolute atomic E-state index is 0.00178. The molecule has 6 aromatic carbocycles. The highest BCUT2D eigenvalue weighted by Gasteiger charge is 2.30. The Morgan fingerprint density at radius 2 is 0.842 bits per heavy atom. The molecule has 7 heterocycles. The van der Waals surface area contributed by atoms with E-state index < -0.39 is 40.8 Å². The third kappa shape index (κ3) is 13.2. The van der Waals surface area contributed by atoms with Gasteiger partial charge in [0.15, 0.2) is 17.5 Å². The molecule has 2 fully saturated rings. The Hall–Kier alpha value is -11.8. The Morgan fingerprint density at radius 3 is 1.22 bits per heavy atom. The Labute approximate surface area is 537 Å². The van der Waals surface area contributed by atoms with Crippen molar-refractivity contribution < 1.29 is 40.7 Å². The highest BCUT2D eigenvalue weighted by atomic mass is 19.1. The van der Waals surface area contributed by atoms with Gasteiger partial charge >= 0.3 is 0 Å². The number of halogens is 6. The molecule has 2 aliphatic rings. The number of aromatic nitrogens is 12. The fourth-order valence-electron chi connectivity index (χ4n) is 11.0. The number of hydrogen-bond acceptors (Lipinski definition) is 16. The number of amides is 3. The normalized spacial score (nSPS) is 12.9. The molecular formula is C67H59F6N19O3. The van der Waals surface area contributed by atoms with Gasteiger partial charge in [0.25, 0.3) is 17.7 Å². The van der Waals surface area contributed by atoms with Crippen LogP contribution < -0.4 is 28.3 Å². The molecule has 1 saturated heterocycles. The second-order valence-corrected chi connectivity index (χ2v) is 22.7. The lowest BCUT2D eigenvalue weighted by Gasteiger charge is -2.26. The maximum absolute atomic E-state index is 14.8. The first-order chi connectivity index (χ1) is 45.8. The number of carbonyl (C=O) groups is 3. The fraction of sp³-hybridized carbons (Fsp3) is 0.194. The monoisotopic (exact) mass is 1290 g/mol. The summed E-state index contributed by atoms with van der Waals surface area (Å²) in [5, 5.41) is 17.5. The first-order valence-corrected chi connectivity index (χ1v) is 30.0. The molecule has 3 amide bonds. The van der Waals surface area contributed by atoms with Crippen molar-refractivity contribution in [1.29, 1.82) is 0 Å². The number of para-hydroxylation sites is 3. The predicted molar refractivity (Wildman–Crippen MR) is 345 cm³/mol. The second kappa shape index (κ2) is 26.8. The number of rotatable bonds is 13. The van der Waals surface area contributed by atoms with E-state index in [1.165, 1.54) is 73.8 Å². The third-order valence-electron chi connectivity index (χ3n) is 15.9. The summed E-state index contributed by atoms with van der Waals surface area (Å²) in [6.07, 6.45) is 7.55. The third-order valence-corrected chi connectivity index (χ3v) is 15.9. The Morgan fingerprint density at radius 1 is 0.474 bits per heavy atom. The van der Waals surface area contributed by atoms with Gasteiger partial charge in [0.05, 0.1) is 19.6 Å². The summed E-state index contributed by atoms with van der Waals surface area (Å²) < 4.78 is 90.8. The van der Waals surface area contributed by atoms with Crippen molar-refractivity contribution in [3.8, 4) is 34.6 Å². The zero-order valence-electron chi connectivity index (χ0n) is 51.0. The van der Waals surface area contributed by atoms with Gasteiger partial charge in [0, 0.05) is 78.5 Å². The van der Waals surface area contributed by atoms with Crippen LogP contribution in [0.3, 0.4) is 0 Å². The van der Waals surface area contributed by atoms with Gasteiger partial charge in [-0.3, -0.25) is 28.4 Å². The van der Waals surface area contributed by atoms with Crippen LogP contribution in [-0.4, -0.2) is 120 Å². The zero-order chi connectivity index (χ0) is 66.8. The van der Waals surface area contributed by atoms with Crippen molar-refractivity contribution in [2.45, 2.75) is 57.8 Å². The topological polar surface area (TPSA) is 305 Å². The summed E-state index contributed by atoms with van der Waals surface area (Å²) >= 11 is 0. The molecular weight excluding hydrogens is 1230 g/mol. The van der Waals surface area contributed by atoms with Crippen LogP contribution in [0.25, 0.3) is 67.3 Å². The smallest absolute Gasteiger partial charge is 0.259 e. The van der Waals surface area contributed by atoms with Crippen molar-refractivity contribution in [3.05, 3.63) is 208 Å². The molecule has 1 aliphatic carbocycles. The van der Waals surface area contributed by atoms with Crippen LogP contribution in [0.1, 0.15) is 79.9 Å². The predicted octanol–water partition coefficient (Wildman–Crippen LogP) is 10.0. The minimum Gasteiger partial charge on any atom is -0.383 e. The van der Waals surface area contributed by atoms with Crippen LogP contribution in [0, 0.1) is 34.9 Å². The molecule has 95 heavy (non-hydrogen) atoms. The van der Waals surface area contributed by atoms with Gasteiger partial charge in [0.1, 0.15) is 108 Å². The number of hydrogen-bond donors (Lipinski definition) is 5. The number of carbonyl (C=O) groups excluding carboxylic acids is 3. The maximum atomic E-state index is 14.8. The van der Waals surface area contributed by atoms with Crippen LogP contribution >= 0.6 is 0 Å². The van der Waals surface area contributed by atoms with Crippen molar-refractivity contribution in [1.82, 2.24) is 74.4 Å². The quantitative estimate of drug-likeness (QED) is 0.0671. The van der Waals surface area contributed by atoms with Gasteiger partial charge in [-0.2, -0.15) is 15.3 Å². The SMILES string of the molecule is CN(C)C(=O)c1cnc(-c2nn(Cc3ccccc3F)c3c(F)cccc23)nc1N.Nc1nc(-c2nn(Cc3ccccc3F)c3c(F)cccc23)nc(N)c1C(=O)NC1CC1.Nc1nc(-c2nn(Cc3ccccc3F)c3c(F)cccc23)ncc1C(=O)N1CCCCC1. The molecule has 0 radical (unpaired) electrons. The lowest BCUT2D eigenvalue weighted by molar-refractivity contribution is 0.0724. The number of benzene rings is 6. The van der Waals surface area contributed by atoms with Crippen molar-refractivity contribution >= 4 is 73.7 Å². The van der Waals surface area contributed by atoms with Crippen molar-refractivity contribution in [2.75, 3.05) is 50.1 Å². The molecule has 482 valence electrons. The molecule has 14 rings (SSSR count). The highest BCUT2D eigenvalue weighted by molar-refractivity contribution is 6.04. The number of nitrogen functional groups attached to an aromatic ring is 4. The van der Waals surface area contributed by atoms with Crippen LogP contribution in [0.5, 0.6) is 0 Å². The van der Waals surface area contributed by atoms with Gasteiger partial charge in [-0.1, -0.05) is 91.0 Å². The molecule has 0 bridgehead atoms.